The van der Waals surface area contributed by atoms with Crippen molar-refractivity contribution in [3.05, 3.63) is 18.4 Å². The van der Waals surface area contributed by atoms with Gasteiger partial charge in [-0.2, -0.15) is 11.4 Å². The van der Waals surface area contributed by atoms with Gasteiger partial charge in [0.15, 0.2) is 8.32 Å². The van der Waals surface area contributed by atoms with Gasteiger partial charge in [-0.1, -0.05) is 27.4 Å². The summed E-state index contributed by atoms with van der Waals surface area (Å²) in [5.41, 5.74) is 2.55. The smallest absolute Gasteiger partial charge is 0.192 e. The highest BCUT2D eigenvalue weighted by molar-refractivity contribution is 7.98. The molecular formula is C12H24O2SSi. The Morgan fingerprint density at radius 3 is 2.50 bits per heavy atom. The summed E-state index contributed by atoms with van der Waals surface area (Å²) in [5, 5.41) is 9.89. The highest BCUT2D eigenvalue weighted by atomic mass is 32.1. The maximum absolute atomic E-state index is 9.34. The predicted octanol–water partition coefficient (Wildman–Crippen LogP) is 3.50. The zero-order valence-corrected chi connectivity index (χ0v) is 12.9. The lowest BCUT2D eigenvalue weighted by Crippen LogP contribution is -2.41. The molecule has 0 atom stereocenters. The van der Waals surface area contributed by atoms with E-state index in [1.165, 1.54) is 6.08 Å². The van der Waals surface area contributed by atoms with Gasteiger partial charge in [-0.25, -0.2) is 0 Å². The van der Waals surface area contributed by atoms with Crippen LogP contribution in [0, 0.1) is 0 Å². The molecule has 0 amide bonds. The Bertz CT molecular complexity index is 297. The Morgan fingerprint density at radius 1 is 1.50 bits per heavy atom. The van der Waals surface area contributed by atoms with Crippen LogP contribution in [-0.4, -0.2) is 30.8 Å². The molecule has 0 fully saturated rings. The Balaban J connectivity index is 4.09. The van der Waals surface area contributed by atoms with E-state index < -0.39 is 8.32 Å². The van der Waals surface area contributed by atoms with Crippen molar-refractivity contribution < 1.29 is 9.53 Å². The van der Waals surface area contributed by atoms with Gasteiger partial charge in [-0.3, -0.25) is 0 Å². The molecule has 0 bridgehead atoms. The van der Waals surface area contributed by atoms with E-state index in [9.17, 15) is 5.11 Å². The zero-order chi connectivity index (χ0) is 12.8. The lowest BCUT2D eigenvalue weighted by Gasteiger charge is -2.36. The molecule has 0 radical (unpaired) electrons. The molecule has 94 valence electrons. The quantitative estimate of drug-likeness (QED) is 0.198. The molecule has 0 unspecified atom stereocenters. The first-order chi connectivity index (χ1) is 7.20. The van der Waals surface area contributed by atoms with Crippen LogP contribution >= 0.6 is 11.4 Å². The normalized spacial score (nSPS) is 14.0. The van der Waals surface area contributed by atoms with Gasteiger partial charge in [0.1, 0.15) is 5.05 Å². The third-order valence-electron chi connectivity index (χ3n) is 2.87. The molecule has 4 heteroatoms. The number of thiol groups is 1. The molecule has 0 saturated carbocycles. The third-order valence-corrected chi connectivity index (χ3v) is 8.26. The Hall–Kier alpha value is -0.123. The van der Waals surface area contributed by atoms with Crippen molar-refractivity contribution in [1.82, 2.24) is 0 Å². The van der Waals surface area contributed by atoms with Crippen LogP contribution in [0.3, 0.4) is 0 Å². The molecular weight excluding hydrogens is 236 g/mol. The summed E-state index contributed by atoms with van der Waals surface area (Å²) in [6.07, 6.45) is 1.49. The van der Waals surface area contributed by atoms with Crippen LogP contribution in [0.4, 0.5) is 0 Å². The van der Waals surface area contributed by atoms with Crippen molar-refractivity contribution >= 4 is 24.7 Å². The highest BCUT2D eigenvalue weighted by Gasteiger charge is 2.36. The Morgan fingerprint density at radius 2 is 2.06 bits per heavy atom. The van der Waals surface area contributed by atoms with Crippen LogP contribution in [-0.2, 0) is 4.43 Å². The molecule has 0 aliphatic rings. The van der Waals surface area contributed by atoms with Gasteiger partial charge in [0.05, 0.1) is 0 Å². The largest absolute Gasteiger partial charge is 0.416 e. The lowest BCUT2D eigenvalue weighted by atomic mass is 10.2. The molecule has 1 N–H and O–H groups in total. The van der Waals surface area contributed by atoms with E-state index in [0.29, 0.717) is 11.7 Å². The summed E-state index contributed by atoms with van der Waals surface area (Å²) in [4.78, 5) is 0. The van der Waals surface area contributed by atoms with E-state index in [0.717, 1.165) is 17.1 Å². The molecule has 0 aliphatic heterocycles. The summed E-state index contributed by atoms with van der Waals surface area (Å²) in [6, 6.07) is 0. The molecule has 0 aromatic carbocycles. The molecule has 0 aromatic heterocycles. The molecule has 0 rings (SSSR count). The first-order valence-electron chi connectivity index (χ1n) is 5.44. The summed E-state index contributed by atoms with van der Waals surface area (Å²) in [7, 11) is -1.63. The van der Waals surface area contributed by atoms with E-state index in [1.807, 2.05) is 0 Å². The molecule has 0 spiro atoms. The second kappa shape index (κ2) is 6.57. The molecule has 2 nitrogen and oxygen atoms in total. The molecule has 16 heavy (non-hydrogen) atoms. The number of rotatable bonds is 5. The minimum atomic E-state index is -1.63. The number of aliphatic hydroxyl groups excluding tert-OH is 1. The number of aliphatic hydroxyl groups is 1. The second-order valence-electron chi connectivity index (χ2n) is 5.20. The SMILES string of the molecule is C=C=CC(O)=[SH]CCO[Si](C)(C)C(C)(C)C. The average Bonchev–Trinajstić information content (AvgIpc) is 2.11. The summed E-state index contributed by atoms with van der Waals surface area (Å²) >= 11 is 0.879. The average molecular weight is 260 g/mol. The van der Waals surface area contributed by atoms with E-state index in [1.54, 1.807) is 0 Å². The second-order valence-corrected chi connectivity index (χ2v) is 11.2. The van der Waals surface area contributed by atoms with Crippen molar-refractivity contribution in [3.63, 3.8) is 0 Å². The fraction of sp³-hybridized carbons (Fsp3) is 0.667. The molecule has 0 saturated heterocycles. The minimum absolute atomic E-state index is 0.247. The van der Waals surface area contributed by atoms with Gasteiger partial charge in [0.25, 0.3) is 0 Å². The van der Waals surface area contributed by atoms with Crippen molar-refractivity contribution in [2.45, 2.75) is 38.9 Å². The van der Waals surface area contributed by atoms with Crippen molar-refractivity contribution in [3.8, 4) is 0 Å². The Labute approximate surface area is 104 Å². The number of hydrogen-bond acceptors (Lipinski definition) is 1. The molecule has 0 aliphatic carbocycles. The topological polar surface area (TPSA) is 29.5 Å². The predicted molar refractivity (Wildman–Crippen MR) is 78.3 cm³/mol. The maximum Gasteiger partial charge on any atom is 0.192 e. The van der Waals surface area contributed by atoms with Crippen LogP contribution < -0.4 is 0 Å². The number of hydrogen-bond donors (Lipinski definition) is 2. The first kappa shape index (κ1) is 15.9. The summed E-state index contributed by atoms with van der Waals surface area (Å²) in [6.45, 7) is 15.2. The fourth-order valence-corrected chi connectivity index (χ4v) is 2.63. The molecule has 0 aromatic rings. The summed E-state index contributed by atoms with van der Waals surface area (Å²) < 4.78 is 5.98. The third kappa shape index (κ3) is 5.82. The van der Waals surface area contributed by atoms with Crippen molar-refractivity contribution in [2.24, 2.45) is 0 Å². The maximum atomic E-state index is 9.34. The van der Waals surface area contributed by atoms with E-state index in [2.05, 4.69) is 46.2 Å². The first-order valence-corrected chi connectivity index (χ1v) is 9.43. The Kier molecular flexibility index (Phi) is 6.52. The van der Waals surface area contributed by atoms with Gasteiger partial charge in [0.2, 0.25) is 0 Å². The van der Waals surface area contributed by atoms with Crippen LogP contribution in [0.15, 0.2) is 18.4 Å². The van der Waals surface area contributed by atoms with Gasteiger partial charge >= 0.3 is 0 Å². The van der Waals surface area contributed by atoms with E-state index in [-0.39, 0.29) is 5.04 Å². The van der Waals surface area contributed by atoms with Crippen LogP contribution in [0.1, 0.15) is 20.8 Å². The van der Waals surface area contributed by atoms with Gasteiger partial charge < -0.3 is 9.53 Å². The fourth-order valence-electron chi connectivity index (χ4n) is 0.814. The van der Waals surface area contributed by atoms with E-state index in [4.69, 9.17) is 4.43 Å². The molecule has 0 heterocycles. The zero-order valence-electron chi connectivity index (χ0n) is 11.0. The monoisotopic (exact) mass is 260 g/mol. The van der Waals surface area contributed by atoms with Crippen LogP contribution in [0.2, 0.25) is 18.1 Å². The highest BCUT2D eigenvalue weighted by Crippen LogP contribution is 2.36. The van der Waals surface area contributed by atoms with Gasteiger partial charge in [-0.15, -0.1) is 5.73 Å². The van der Waals surface area contributed by atoms with Crippen molar-refractivity contribution in [1.29, 1.82) is 0 Å². The minimum Gasteiger partial charge on any atom is -0.416 e. The lowest BCUT2D eigenvalue weighted by molar-refractivity contribution is 0.311. The standard InChI is InChI=1S/C12H24O2SSi/c1-7-8-11(13)15-10-9-14-16(5,6)12(2,3)4/h8,13,15H,1,9-10H2,2-6H3. The van der Waals surface area contributed by atoms with Gasteiger partial charge in [0, 0.05) is 18.4 Å². The van der Waals surface area contributed by atoms with Crippen LogP contribution in [0.25, 0.3) is 0 Å². The van der Waals surface area contributed by atoms with Gasteiger partial charge in [-0.05, 0) is 18.1 Å². The van der Waals surface area contributed by atoms with E-state index >= 15 is 0 Å². The van der Waals surface area contributed by atoms with Crippen molar-refractivity contribution in [2.75, 3.05) is 12.4 Å². The summed E-state index contributed by atoms with van der Waals surface area (Å²) in [5.74, 6) is 0.816. The van der Waals surface area contributed by atoms with Crippen LogP contribution in [0.5, 0.6) is 0 Å².